The van der Waals surface area contributed by atoms with Gasteiger partial charge in [-0.05, 0) is 34.9 Å². The maximum absolute atomic E-state index is 6.56. The molecule has 1 aromatic heterocycles. The Kier molecular flexibility index (Phi) is 5.05. The van der Waals surface area contributed by atoms with Crippen LogP contribution >= 0.6 is 0 Å². The first-order valence-corrected chi connectivity index (χ1v) is 14.5. The van der Waals surface area contributed by atoms with E-state index < -0.39 is 0 Å². The van der Waals surface area contributed by atoms with Crippen molar-refractivity contribution in [3.63, 3.8) is 0 Å². The van der Waals surface area contributed by atoms with Gasteiger partial charge in [0.15, 0.2) is 6.29 Å². The monoisotopic (exact) mass is 541 g/mol. The fourth-order valence-electron chi connectivity index (χ4n) is 6.96. The van der Waals surface area contributed by atoms with Crippen molar-refractivity contribution >= 4 is 34.1 Å². The number of hydrogen-bond donors (Lipinski definition) is 1. The highest BCUT2D eigenvalue weighted by atomic mass is 16.3. The van der Waals surface area contributed by atoms with Crippen molar-refractivity contribution in [1.29, 1.82) is 0 Å². The van der Waals surface area contributed by atoms with Gasteiger partial charge in [0.05, 0.1) is 17.7 Å². The summed E-state index contributed by atoms with van der Waals surface area (Å²) in [6.45, 7) is 0. The van der Waals surface area contributed by atoms with Crippen LogP contribution in [0.5, 0.6) is 0 Å². The van der Waals surface area contributed by atoms with Gasteiger partial charge in [-0.2, -0.15) is 0 Å². The van der Waals surface area contributed by atoms with Crippen molar-refractivity contribution in [2.24, 2.45) is 4.99 Å². The number of anilines is 2. The molecule has 3 atom stereocenters. The molecule has 0 saturated carbocycles. The van der Waals surface area contributed by atoms with Gasteiger partial charge in [-0.15, -0.1) is 0 Å². The Bertz CT molecular complexity index is 2040. The van der Waals surface area contributed by atoms with E-state index in [0.29, 0.717) is 0 Å². The van der Waals surface area contributed by atoms with Crippen LogP contribution < -0.4 is 10.2 Å². The quantitative estimate of drug-likeness (QED) is 0.244. The van der Waals surface area contributed by atoms with Gasteiger partial charge in [-0.3, -0.25) is 0 Å². The molecule has 4 heteroatoms. The zero-order valence-electron chi connectivity index (χ0n) is 22.8. The van der Waals surface area contributed by atoms with Gasteiger partial charge in [0.1, 0.15) is 11.3 Å². The van der Waals surface area contributed by atoms with Crippen LogP contribution in [0.3, 0.4) is 0 Å². The molecule has 3 heterocycles. The number of hydrogen-bond acceptors (Lipinski definition) is 4. The lowest BCUT2D eigenvalue weighted by molar-refractivity contribution is 0.487. The Balaban J connectivity index is 1.16. The number of para-hydroxylation sites is 3. The summed E-state index contributed by atoms with van der Waals surface area (Å²) in [6.07, 6.45) is 4.29. The number of nitrogens with one attached hydrogen (secondary N) is 1. The highest BCUT2D eigenvalue weighted by Crippen LogP contribution is 2.51. The van der Waals surface area contributed by atoms with E-state index in [1.165, 1.54) is 33.3 Å². The number of nitrogens with zero attached hydrogens (tertiary/aromatic N) is 2. The summed E-state index contributed by atoms with van der Waals surface area (Å²) in [4.78, 5) is 7.86. The molecule has 5 aromatic carbocycles. The molecule has 42 heavy (non-hydrogen) atoms. The smallest absolute Gasteiger partial charge is 0.197 e. The largest absolute Gasteiger partial charge is 0.460 e. The molecule has 0 fully saturated rings. The summed E-state index contributed by atoms with van der Waals surface area (Å²) in [5.74, 6) is 1.13. The maximum Gasteiger partial charge on any atom is 0.197 e. The molecule has 6 aromatic rings. The third kappa shape index (κ3) is 3.45. The van der Waals surface area contributed by atoms with Crippen LogP contribution in [0.2, 0.25) is 0 Å². The van der Waals surface area contributed by atoms with E-state index in [0.717, 1.165) is 33.9 Å². The Morgan fingerprint density at radius 2 is 1.38 bits per heavy atom. The molecule has 2 aliphatic heterocycles. The molecule has 4 nitrogen and oxygen atoms in total. The van der Waals surface area contributed by atoms with E-state index in [2.05, 4.69) is 144 Å². The zero-order chi connectivity index (χ0) is 27.6. The lowest BCUT2D eigenvalue weighted by Gasteiger charge is -2.38. The molecule has 1 N–H and O–H groups in total. The van der Waals surface area contributed by atoms with E-state index in [9.17, 15) is 0 Å². The second kappa shape index (κ2) is 9.08. The van der Waals surface area contributed by atoms with Crippen molar-refractivity contribution in [1.82, 2.24) is 0 Å². The van der Waals surface area contributed by atoms with Crippen LogP contribution in [0.15, 0.2) is 143 Å². The number of furan rings is 1. The van der Waals surface area contributed by atoms with Crippen molar-refractivity contribution in [2.45, 2.75) is 18.2 Å². The molecule has 1 aliphatic carbocycles. The zero-order valence-corrected chi connectivity index (χ0v) is 22.8. The lowest BCUT2D eigenvalue weighted by Crippen LogP contribution is -2.47. The van der Waals surface area contributed by atoms with Crippen molar-refractivity contribution in [3.8, 4) is 11.1 Å². The van der Waals surface area contributed by atoms with Crippen LogP contribution in [0, 0.1) is 0 Å². The first-order valence-electron chi connectivity index (χ1n) is 14.5. The van der Waals surface area contributed by atoms with Gasteiger partial charge >= 0.3 is 0 Å². The van der Waals surface area contributed by atoms with E-state index >= 15 is 0 Å². The molecule has 200 valence electrons. The van der Waals surface area contributed by atoms with Crippen LogP contribution in [-0.4, -0.2) is 18.0 Å². The van der Waals surface area contributed by atoms with Crippen LogP contribution in [0.4, 0.5) is 11.4 Å². The van der Waals surface area contributed by atoms with E-state index in [-0.39, 0.29) is 18.2 Å². The summed E-state index contributed by atoms with van der Waals surface area (Å²) < 4.78 is 6.56. The average Bonchev–Trinajstić information content (AvgIpc) is 3.60. The molecule has 9 rings (SSSR count). The second-order valence-corrected chi connectivity index (χ2v) is 11.2. The van der Waals surface area contributed by atoms with Crippen molar-refractivity contribution < 1.29 is 4.42 Å². The van der Waals surface area contributed by atoms with Crippen LogP contribution in [-0.2, 0) is 0 Å². The predicted octanol–water partition coefficient (Wildman–Crippen LogP) is 8.69. The Morgan fingerprint density at radius 3 is 2.29 bits per heavy atom. The number of fused-ring (bicyclic) bond motifs is 8. The average molecular weight is 542 g/mol. The predicted molar refractivity (Wildman–Crippen MR) is 171 cm³/mol. The molecule has 0 bridgehead atoms. The Labute approximate surface area is 244 Å². The molecular formula is C38H27N3O. The summed E-state index contributed by atoms with van der Waals surface area (Å²) in [7, 11) is 0. The summed E-state index contributed by atoms with van der Waals surface area (Å²) in [6, 6.07) is 44.9. The summed E-state index contributed by atoms with van der Waals surface area (Å²) in [5, 5.41) is 4.94. The fraction of sp³-hybridized carbons (Fsp3) is 0.0789. The van der Waals surface area contributed by atoms with Crippen molar-refractivity contribution in [3.05, 3.63) is 161 Å². The van der Waals surface area contributed by atoms with E-state index in [1.54, 1.807) is 0 Å². The fourth-order valence-corrected chi connectivity index (χ4v) is 6.96. The molecule has 3 unspecified atom stereocenters. The third-order valence-electron chi connectivity index (χ3n) is 8.86. The SMILES string of the molecule is C1=CC2C(c3ccccc3N2C2N=C(c3ccc(-c4ccccc4)cc3)c3ccccc3N2)c2oc3ccccc3c21. The van der Waals surface area contributed by atoms with Crippen molar-refractivity contribution in [2.75, 3.05) is 10.2 Å². The first-order chi connectivity index (χ1) is 20.8. The highest BCUT2D eigenvalue weighted by Gasteiger charge is 2.46. The number of rotatable bonds is 3. The Hall–Kier alpha value is -5.35. The van der Waals surface area contributed by atoms with Gasteiger partial charge in [0.25, 0.3) is 0 Å². The van der Waals surface area contributed by atoms with Gasteiger partial charge in [-0.1, -0.05) is 121 Å². The van der Waals surface area contributed by atoms with Gasteiger partial charge in [0.2, 0.25) is 0 Å². The minimum atomic E-state index is -0.282. The van der Waals surface area contributed by atoms with Gasteiger partial charge in [0, 0.05) is 33.5 Å². The molecular weight excluding hydrogens is 514 g/mol. The molecule has 0 spiro atoms. The van der Waals surface area contributed by atoms with E-state index in [4.69, 9.17) is 9.41 Å². The topological polar surface area (TPSA) is 40.8 Å². The second-order valence-electron chi connectivity index (χ2n) is 11.2. The lowest BCUT2D eigenvalue weighted by atomic mass is 9.85. The van der Waals surface area contributed by atoms with E-state index in [1.807, 2.05) is 6.07 Å². The molecule has 0 radical (unpaired) electrons. The first kappa shape index (κ1) is 23.4. The van der Waals surface area contributed by atoms with Gasteiger partial charge in [-0.25, -0.2) is 4.99 Å². The molecule has 0 amide bonds. The van der Waals surface area contributed by atoms with Gasteiger partial charge < -0.3 is 14.6 Å². The maximum atomic E-state index is 6.56. The normalized spacial score (nSPS) is 19.9. The van der Waals surface area contributed by atoms with Crippen LogP contribution in [0.25, 0.3) is 28.2 Å². The number of aliphatic imine (C=N–C) groups is 1. The third-order valence-corrected chi connectivity index (χ3v) is 8.86. The molecule has 3 aliphatic rings. The molecule has 0 saturated heterocycles. The van der Waals surface area contributed by atoms with Crippen LogP contribution in [0.1, 0.15) is 33.9 Å². The Morgan fingerprint density at radius 1 is 0.667 bits per heavy atom. The highest BCUT2D eigenvalue weighted by molar-refractivity contribution is 6.17. The summed E-state index contributed by atoms with van der Waals surface area (Å²) in [5.41, 5.74) is 11.3. The standard InChI is InChI=1S/C38H27N3O/c1-2-10-24(11-3-1)25-18-20-26(21-19-25)36-29-13-4-7-15-31(29)39-38(40-36)41-32-16-8-5-14-30(32)35-33(41)23-22-28-27-12-6-9-17-34(27)42-37(28)35/h1-23,33,35,38-39H. The number of benzene rings is 5. The minimum absolute atomic E-state index is 0.0729. The minimum Gasteiger partial charge on any atom is -0.460 e. The summed E-state index contributed by atoms with van der Waals surface area (Å²) >= 11 is 0.